The molecule has 7 heteroatoms. The lowest BCUT2D eigenvalue weighted by Gasteiger charge is -2.44. The highest BCUT2D eigenvalue weighted by Gasteiger charge is 2.49. The molecule has 0 unspecified atom stereocenters. The molecule has 0 atom stereocenters. The molecule has 5 heterocycles. The van der Waals surface area contributed by atoms with E-state index < -0.39 is 26.5 Å². The van der Waals surface area contributed by atoms with Crippen molar-refractivity contribution < 1.29 is 10.2 Å². The van der Waals surface area contributed by atoms with Gasteiger partial charge in [0.25, 0.3) is 0 Å². The Labute approximate surface area is 360 Å². The Morgan fingerprint density at radius 3 is 1.77 bits per heavy atom. The van der Waals surface area contributed by atoms with Gasteiger partial charge in [-0.1, -0.05) is 133 Å². The van der Waals surface area contributed by atoms with E-state index in [0.29, 0.717) is 22.6 Å². The van der Waals surface area contributed by atoms with Gasteiger partial charge in [0.2, 0.25) is 5.78 Å². The predicted octanol–water partition coefficient (Wildman–Crippen LogP) is 9.20. The first-order valence-electron chi connectivity index (χ1n) is 22.5. The number of ether oxygens (including phenoxy) is 1. The van der Waals surface area contributed by atoms with Gasteiger partial charge in [0.05, 0.1) is 33.0 Å². The van der Waals surface area contributed by atoms with E-state index in [0.717, 1.165) is 54.3 Å². The molecule has 11 aromatic rings. The molecular formula is C54H41N5OSi. The van der Waals surface area contributed by atoms with E-state index in [1.165, 1.54) is 9.13 Å². The molecule has 1 aliphatic rings. The van der Waals surface area contributed by atoms with Crippen LogP contribution in [0, 0.1) is 0 Å². The fraction of sp³-hybridized carbons (Fsp3) is 0.0556. The molecule has 7 aromatic carbocycles. The number of para-hydroxylation sites is 6. The molecule has 292 valence electrons. The van der Waals surface area contributed by atoms with Gasteiger partial charge in [0, 0.05) is 54.6 Å². The first-order valence-corrected chi connectivity index (χ1v) is 22.5. The second-order valence-electron chi connectivity index (χ2n) is 15.5. The standard InChI is InChI=1S/C54H41N5OSi/c1-3-20-41(21-4-1)61(42-22-5-2-6-23-42,43-24-17-19-40(37-43)58-48-29-10-11-30-49(48)59-47-28-9-8-27-46(47)55-53(58)59)51-32-18-26-45-52(51)60-50-31-12-7-25-44(50)54(45,38-56-33-13-14-34-56)39-57-35-15-16-36-57/h1-37H,38-39H2/i38D2,39D2. The van der Waals surface area contributed by atoms with Crippen LogP contribution in [0.4, 0.5) is 0 Å². The van der Waals surface area contributed by atoms with Crippen LogP contribution in [0.1, 0.15) is 16.6 Å². The third kappa shape index (κ3) is 5.37. The van der Waals surface area contributed by atoms with Gasteiger partial charge < -0.3 is 13.9 Å². The van der Waals surface area contributed by atoms with Gasteiger partial charge in [-0.3, -0.25) is 8.97 Å². The van der Waals surface area contributed by atoms with E-state index in [2.05, 4.69) is 124 Å². The SMILES string of the molecule is [2H]C([2H])(n1cccc1)C1(C([2H])([2H])n2cccc2)c2ccccc2Oc2c1cccc2[Si](c1ccccc1)(c1ccccc1)c1cccc(-n2c3ccccc3n3c4ccccc4nc23)c1. The molecule has 0 bridgehead atoms. The zero-order valence-electron chi connectivity index (χ0n) is 37.0. The fourth-order valence-corrected chi connectivity index (χ4v) is 14.6. The largest absolute Gasteiger partial charge is 0.457 e. The lowest BCUT2D eigenvalue weighted by atomic mass is 9.72. The van der Waals surface area contributed by atoms with Gasteiger partial charge in [-0.25, -0.2) is 4.98 Å². The molecule has 4 aromatic heterocycles. The number of imidazole rings is 2. The van der Waals surface area contributed by atoms with Crippen molar-refractivity contribution in [1.82, 2.24) is 23.1 Å². The van der Waals surface area contributed by atoms with Crippen LogP contribution in [0.3, 0.4) is 0 Å². The second kappa shape index (κ2) is 14.0. The zero-order valence-corrected chi connectivity index (χ0v) is 34.0. The molecule has 12 rings (SSSR count). The summed E-state index contributed by atoms with van der Waals surface area (Å²) in [6.07, 6.45) is 6.72. The predicted molar refractivity (Wildman–Crippen MR) is 249 cm³/mol. The molecule has 1 aliphatic heterocycles. The molecule has 0 radical (unpaired) electrons. The van der Waals surface area contributed by atoms with E-state index >= 15 is 0 Å². The van der Waals surface area contributed by atoms with Crippen molar-refractivity contribution in [2.24, 2.45) is 0 Å². The maximum Gasteiger partial charge on any atom is 0.220 e. The van der Waals surface area contributed by atoms with E-state index in [1.54, 1.807) is 49.1 Å². The van der Waals surface area contributed by atoms with Crippen molar-refractivity contribution in [1.29, 1.82) is 0 Å². The number of rotatable bonds is 9. The lowest BCUT2D eigenvalue weighted by molar-refractivity contribution is 0.323. The van der Waals surface area contributed by atoms with Gasteiger partial charge in [-0.2, -0.15) is 0 Å². The minimum absolute atomic E-state index is 0.393. The van der Waals surface area contributed by atoms with Crippen molar-refractivity contribution in [3.05, 3.63) is 236 Å². The quantitative estimate of drug-likeness (QED) is 0.108. The topological polar surface area (TPSA) is 41.3 Å². The van der Waals surface area contributed by atoms with Crippen LogP contribution in [0.15, 0.2) is 225 Å². The minimum Gasteiger partial charge on any atom is -0.457 e. The van der Waals surface area contributed by atoms with Crippen LogP contribution < -0.4 is 25.5 Å². The normalized spacial score (nSPS) is 14.8. The summed E-state index contributed by atoms with van der Waals surface area (Å²) in [4.78, 5) is 5.22. The van der Waals surface area contributed by atoms with Crippen LogP contribution in [-0.4, -0.2) is 31.2 Å². The maximum atomic E-state index is 10.4. The summed E-state index contributed by atoms with van der Waals surface area (Å²) < 4.78 is 56.2. The average molecular weight is 808 g/mol. The Morgan fingerprint density at radius 1 is 0.508 bits per heavy atom. The number of aromatic nitrogens is 5. The van der Waals surface area contributed by atoms with Crippen LogP contribution in [0.2, 0.25) is 0 Å². The molecule has 61 heavy (non-hydrogen) atoms. The van der Waals surface area contributed by atoms with Crippen molar-refractivity contribution in [2.75, 3.05) is 0 Å². The van der Waals surface area contributed by atoms with Crippen molar-refractivity contribution in [2.45, 2.75) is 18.4 Å². The molecule has 6 nitrogen and oxygen atoms in total. The summed E-state index contributed by atoms with van der Waals surface area (Å²) >= 11 is 0. The monoisotopic (exact) mass is 807 g/mol. The van der Waals surface area contributed by atoms with Crippen LogP contribution in [0.5, 0.6) is 11.5 Å². The third-order valence-corrected chi connectivity index (χ3v) is 17.0. The molecule has 0 amide bonds. The average Bonchev–Trinajstić information content (AvgIpc) is 4.19. The summed E-state index contributed by atoms with van der Waals surface area (Å²) in [6.45, 7) is -4.79. The van der Waals surface area contributed by atoms with Crippen LogP contribution >= 0.6 is 0 Å². The molecule has 0 saturated heterocycles. The Bertz CT molecular complexity index is 3460. The number of benzene rings is 7. The third-order valence-electron chi connectivity index (χ3n) is 12.2. The minimum atomic E-state index is -3.55. The van der Waals surface area contributed by atoms with Gasteiger partial charge in [0.15, 0.2) is 8.07 Å². The first-order chi connectivity index (χ1) is 31.8. The highest BCUT2D eigenvalue weighted by atomic mass is 28.3. The van der Waals surface area contributed by atoms with Gasteiger partial charge in [0.1, 0.15) is 11.5 Å². The van der Waals surface area contributed by atoms with Crippen LogP contribution in [0.25, 0.3) is 33.5 Å². The number of hydrogen-bond donors (Lipinski definition) is 0. The van der Waals surface area contributed by atoms with E-state index in [9.17, 15) is 5.48 Å². The lowest BCUT2D eigenvalue weighted by Crippen LogP contribution is -2.75. The summed E-state index contributed by atoms with van der Waals surface area (Å²) in [7, 11) is -3.55. The maximum absolute atomic E-state index is 10.4. The molecule has 0 spiro atoms. The second-order valence-corrected chi connectivity index (χ2v) is 19.3. The Morgan fingerprint density at radius 2 is 1.07 bits per heavy atom. The van der Waals surface area contributed by atoms with E-state index in [4.69, 9.17) is 9.72 Å². The van der Waals surface area contributed by atoms with Crippen molar-refractivity contribution >= 4 is 56.7 Å². The van der Waals surface area contributed by atoms with E-state index in [1.807, 2.05) is 60.7 Å². The molecule has 0 saturated carbocycles. The highest BCUT2D eigenvalue weighted by molar-refractivity contribution is 7.20. The Kier molecular flexibility index (Phi) is 7.19. The van der Waals surface area contributed by atoms with Crippen molar-refractivity contribution in [3.8, 4) is 17.2 Å². The summed E-state index contributed by atoms with van der Waals surface area (Å²) in [5.74, 6) is 1.64. The Hall–Kier alpha value is -7.61. The molecule has 0 N–H and O–H groups in total. The highest BCUT2D eigenvalue weighted by Crippen LogP contribution is 2.50. The molecule has 0 fully saturated rings. The van der Waals surface area contributed by atoms with E-state index in [-0.39, 0.29) is 0 Å². The Balaban J connectivity index is 1.22. The first kappa shape index (κ1) is 31.3. The summed E-state index contributed by atoms with van der Waals surface area (Å²) in [5.41, 5.74) is 3.75. The van der Waals surface area contributed by atoms with Gasteiger partial charge in [-0.05, 0) is 87.5 Å². The smallest absolute Gasteiger partial charge is 0.220 e. The number of fused-ring (bicyclic) bond motifs is 7. The summed E-state index contributed by atoms with van der Waals surface area (Å²) in [6, 6.07) is 67.0. The summed E-state index contributed by atoms with van der Waals surface area (Å²) in [5, 5.41) is 4.09. The fourth-order valence-electron chi connectivity index (χ4n) is 9.66. The van der Waals surface area contributed by atoms with Crippen LogP contribution in [-0.2, 0) is 18.4 Å². The van der Waals surface area contributed by atoms with Gasteiger partial charge in [-0.15, -0.1) is 0 Å². The number of hydrogen-bond acceptors (Lipinski definition) is 2. The molecular weight excluding hydrogens is 763 g/mol. The molecule has 0 aliphatic carbocycles. The van der Waals surface area contributed by atoms with Gasteiger partial charge >= 0.3 is 0 Å². The van der Waals surface area contributed by atoms with Crippen molar-refractivity contribution in [3.63, 3.8) is 0 Å². The zero-order chi connectivity index (χ0) is 44.0. The number of nitrogens with zero attached hydrogens (tertiary/aromatic N) is 5.